The van der Waals surface area contributed by atoms with Gasteiger partial charge in [-0.3, -0.25) is 4.79 Å². The first-order chi connectivity index (χ1) is 8.61. The number of hydrogen-bond acceptors (Lipinski definition) is 2. The second-order valence-corrected chi connectivity index (χ2v) is 4.01. The SMILES string of the molecule is CNC(=O)CCn1ccc2cc(C(=O)O)ccc21. The maximum atomic E-state index is 11.2. The summed E-state index contributed by atoms with van der Waals surface area (Å²) >= 11 is 0. The summed E-state index contributed by atoms with van der Waals surface area (Å²) in [6, 6.07) is 6.82. The molecule has 0 saturated heterocycles. The lowest BCUT2D eigenvalue weighted by Gasteiger charge is -2.05. The zero-order valence-electron chi connectivity index (χ0n) is 10.0. The average molecular weight is 246 g/mol. The second-order valence-electron chi connectivity index (χ2n) is 4.01. The number of aromatic carboxylic acids is 1. The molecule has 0 bridgehead atoms. The van der Waals surface area contributed by atoms with Crippen LogP contribution >= 0.6 is 0 Å². The Kier molecular flexibility index (Phi) is 3.32. The number of aryl methyl sites for hydroxylation is 1. The lowest BCUT2D eigenvalue weighted by atomic mass is 10.1. The highest BCUT2D eigenvalue weighted by atomic mass is 16.4. The van der Waals surface area contributed by atoms with Crippen LogP contribution in [0, 0.1) is 0 Å². The van der Waals surface area contributed by atoms with Gasteiger partial charge < -0.3 is 15.0 Å². The molecule has 0 unspecified atom stereocenters. The fourth-order valence-electron chi connectivity index (χ4n) is 1.88. The van der Waals surface area contributed by atoms with Crippen LogP contribution in [0.25, 0.3) is 10.9 Å². The monoisotopic (exact) mass is 246 g/mol. The van der Waals surface area contributed by atoms with Gasteiger partial charge in [-0.05, 0) is 24.3 Å². The highest BCUT2D eigenvalue weighted by molar-refractivity contribution is 5.93. The van der Waals surface area contributed by atoms with E-state index in [1.807, 2.05) is 16.8 Å². The van der Waals surface area contributed by atoms with Crippen LogP contribution in [0.4, 0.5) is 0 Å². The van der Waals surface area contributed by atoms with Gasteiger partial charge in [-0.2, -0.15) is 0 Å². The van der Waals surface area contributed by atoms with Crippen LogP contribution < -0.4 is 5.32 Å². The fourth-order valence-corrected chi connectivity index (χ4v) is 1.88. The number of carbonyl (C=O) groups is 2. The van der Waals surface area contributed by atoms with Gasteiger partial charge in [0, 0.05) is 37.1 Å². The van der Waals surface area contributed by atoms with Gasteiger partial charge in [-0.15, -0.1) is 0 Å². The molecule has 18 heavy (non-hydrogen) atoms. The van der Waals surface area contributed by atoms with Gasteiger partial charge in [-0.1, -0.05) is 0 Å². The molecule has 5 heteroatoms. The number of nitrogens with one attached hydrogen (secondary N) is 1. The molecule has 0 aliphatic carbocycles. The van der Waals surface area contributed by atoms with Crippen LogP contribution in [-0.4, -0.2) is 28.6 Å². The highest BCUT2D eigenvalue weighted by Gasteiger charge is 2.07. The van der Waals surface area contributed by atoms with Crippen molar-refractivity contribution in [1.29, 1.82) is 0 Å². The number of carbonyl (C=O) groups excluding carboxylic acids is 1. The Morgan fingerprint density at radius 2 is 2.11 bits per heavy atom. The molecule has 2 aromatic rings. The number of nitrogens with zero attached hydrogens (tertiary/aromatic N) is 1. The standard InChI is InChI=1S/C13H14N2O3/c1-14-12(16)5-7-15-6-4-9-8-10(13(17)18)2-3-11(9)15/h2-4,6,8H,5,7H2,1H3,(H,14,16)(H,17,18). The van der Waals surface area contributed by atoms with Crippen molar-refractivity contribution in [3.05, 3.63) is 36.0 Å². The van der Waals surface area contributed by atoms with E-state index in [4.69, 9.17) is 5.11 Å². The number of rotatable bonds is 4. The van der Waals surface area contributed by atoms with Crippen molar-refractivity contribution < 1.29 is 14.7 Å². The normalized spacial score (nSPS) is 10.5. The van der Waals surface area contributed by atoms with Crippen molar-refractivity contribution in [2.45, 2.75) is 13.0 Å². The van der Waals surface area contributed by atoms with Crippen molar-refractivity contribution in [2.75, 3.05) is 7.05 Å². The molecule has 5 nitrogen and oxygen atoms in total. The molecule has 1 heterocycles. The van der Waals surface area contributed by atoms with Gasteiger partial charge in [0.2, 0.25) is 5.91 Å². The molecule has 2 N–H and O–H groups in total. The first-order valence-electron chi connectivity index (χ1n) is 5.64. The molecule has 0 atom stereocenters. The zero-order chi connectivity index (χ0) is 13.1. The van der Waals surface area contributed by atoms with E-state index in [-0.39, 0.29) is 11.5 Å². The summed E-state index contributed by atoms with van der Waals surface area (Å²) in [4.78, 5) is 22.0. The molecule has 0 saturated carbocycles. The van der Waals surface area contributed by atoms with E-state index in [0.29, 0.717) is 13.0 Å². The van der Waals surface area contributed by atoms with Gasteiger partial charge in [0.05, 0.1) is 5.56 Å². The molecule has 0 aliphatic heterocycles. The Hall–Kier alpha value is -2.30. The molecule has 1 amide bonds. The lowest BCUT2D eigenvalue weighted by Crippen LogP contribution is -2.19. The van der Waals surface area contributed by atoms with Gasteiger partial charge >= 0.3 is 5.97 Å². The van der Waals surface area contributed by atoms with Crippen LogP contribution in [0.3, 0.4) is 0 Å². The molecule has 94 valence electrons. The largest absolute Gasteiger partial charge is 0.478 e. The van der Waals surface area contributed by atoms with E-state index in [1.165, 1.54) is 0 Å². The summed E-state index contributed by atoms with van der Waals surface area (Å²) in [6.45, 7) is 0.579. The third-order valence-electron chi connectivity index (χ3n) is 2.88. The molecule has 0 aliphatic rings. The first kappa shape index (κ1) is 12.2. The van der Waals surface area contributed by atoms with Crippen molar-refractivity contribution in [2.24, 2.45) is 0 Å². The molecule has 2 rings (SSSR count). The number of carboxylic acids is 1. The van der Waals surface area contributed by atoms with Crippen LogP contribution in [0.2, 0.25) is 0 Å². The summed E-state index contributed by atoms with van der Waals surface area (Å²) in [7, 11) is 1.61. The average Bonchev–Trinajstić information content (AvgIpc) is 2.78. The maximum Gasteiger partial charge on any atom is 0.335 e. The Labute approximate surface area is 104 Å². The summed E-state index contributed by atoms with van der Waals surface area (Å²) in [5, 5.41) is 12.3. The predicted molar refractivity (Wildman–Crippen MR) is 67.6 cm³/mol. The van der Waals surface area contributed by atoms with Crippen LogP contribution in [0.1, 0.15) is 16.8 Å². The molecular formula is C13H14N2O3. The van der Waals surface area contributed by atoms with Crippen molar-refractivity contribution in [1.82, 2.24) is 9.88 Å². The molecule has 0 fully saturated rings. The van der Waals surface area contributed by atoms with Gasteiger partial charge in [0.1, 0.15) is 0 Å². The van der Waals surface area contributed by atoms with E-state index in [2.05, 4.69) is 5.32 Å². The highest BCUT2D eigenvalue weighted by Crippen LogP contribution is 2.18. The predicted octanol–water partition coefficient (Wildman–Crippen LogP) is 1.48. The summed E-state index contributed by atoms with van der Waals surface area (Å²) < 4.78 is 1.94. The summed E-state index contributed by atoms with van der Waals surface area (Å²) in [5.41, 5.74) is 1.20. The van der Waals surface area contributed by atoms with E-state index in [9.17, 15) is 9.59 Å². The fraction of sp³-hybridized carbons (Fsp3) is 0.231. The number of benzene rings is 1. The van der Waals surface area contributed by atoms with Gasteiger partial charge in [-0.25, -0.2) is 4.79 Å². The maximum absolute atomic E-state index is 11.2. The summed E-state index contributed by atoms with van der Waals surface area (Å²) in [6.07, 6.45) is 2.26. The molecule has 0 spiro atoms. The minimum absolute atomic E-state index is 0.0148. The van der Waals surface area contributed by atoms with Gasteiger partial charge in [0.15, 0.2) is 0 Å². The van der Waals surface area contributed by atoms with E-state index in [0.717, 1.165) is 10.9 Å². The quantitative estimate of drug-likeness (QED) is 0.858. The van der Waals surface area contributed by atoms with Crippen LogP contribution in [0.15, 0.2) is 30.5 Å². The number of fused-ring (bicyclic) bond motifs is 1. The molecule has 1 aromatic carbocycles. The molecule has 1 aromatic heterocycles. The van der Waals surface area contributed by atoms with E-state index >= 15 is 0 Å². The topological polar surface area (TPSA) is 71.3 Å². The Morgan fingerprint density at radius 3 is 2.78 bits per heavy atom. The number of carboxylic acid groups (broad SMARTS) is 1. The van der Waals surface area contributed by atoms with E-state index in [1.54, 1.807) is 25.2 Å². The number of amides is 1. The van der Waals surface area contributed by atoms with E-state index < -0.39 is 5.97 Å². The third-order valence-corrected chi connectivity index (χ3v) is 2.88. The minimum atomic E-state index is -0.935. The lowest BCUT2D eigenvalue weighted by molar-refractivity contribution is -0.120. The smallest absolute Gasteiger partial charge is 0.335 e. The zero-order valence-corrected chi connectivity index (χ0v) is 10.0. The van der Waals surface area contributed by atoms with Crippen molar-refractivity contribution in [3.63, 3.8) is 0 Å². The Morgan fingerprint density at radius 1 is 1.33 bits per heavy atom. The van der Waals surface area contributed by atoms with Crippen molar-refractivity contribution >= 4 is 22.8 Å². The second kappa shape index (κ2) is 4.91. The summed E-state index contributed by atoms with van der Waals surface area (Å²) in [5.74, 6) is -0.950. The van der Waals surface area contributed by atoms with Crippen LogP contribution in [0.5, 0.6) is 0 Å². The van der Waals surface area contributed by atoms with Crippen LogP contribution in [-0.2, 0) is 11.3 Å². The Bertz CT molecular complexity index is 601. The number of aromatic nitrogens is 1. The third kappa shape index (κ3) is 2.34. The minimum Gasteiger partial charge on any atom is -0.478 e. The van der Waals surface area contributed by atoms with Crippen molar-refractivity contribution in [3.8, 4) is 0 Å². The number of hydrogen-bond donors (Lipinski definition) is 2. The molecular weight excluding hydrogens is 232 g/mol. The van der Waals surface area contributed by atoms with Gasteiger partial charge in [0.25, 0.3) is 0 Å². The first-order valence-corrected chi connectivity index (χ1v) is 5.64. The molecule has 0 radical (unpaired) electrons. The Balaban J connectivity index is 2.26.